The molecule has 126 valence electrons. The largest absolute Gasteiger partial charge is 0.367 e. The molecule has 0 aliphatic heterocycles. The second kappa shape index (κ2) is 5.81. The average molecular weight is 325 g/mol. The Morgan fingerprint density at radius 1 is 1.21 bits per heavy atom. The molecule has 24 heavy (non-hydrogen) atoms. The summed E-state index contributed by atoms with van der Waals surface area (Å²) in [5.41, 5.74) is 0.821. The van der Waals surface area contributed by atoms with Crippen molar-refractivity contribution in [2.75, 3.05) is 10.6 Å². The number of nitrogens with zero attached hydrogens (tertiary/aromatic N) is 4. The van der Waals surface area contributed by atoms with Gasteiger partial charge < -0.3 is 15.6 Å². The van der Waals surface area contributed by atoms with Crippen molar-refractivity contribution in [3.63, 3.8) is 0 Å². The van der Waals surface area contributed by atoms with Crippen molar-refractivity contribution in [1.29, 1.82) is 0 Å². The summed E-state index contributed by atoms with van der Waals surface area (Å²) in [4.78, 5) is 12.4. The SMILES string of the molecule is CC(C)n1ccc(Nc2nc(N[C@H](C)C3CC3)c3cc[nH]c3n2)n1. The van der Waals surface area contributed by atoms with Crippen LogP contribution in [0, 0.1) is 5.92 Å². The van der Waals surface area contributed by atoms with Gasteiger partial charge in [-0.25, -0.2) is 0 Å². The first kappa shape index (κ1) is 15.0. The maximum atomic E-state index is 4.67. The summed E-state index contributed by atoms with van der Waals surface area (Å²) in [6, 6.07) is 4.69. The molecule has 1 aliphatic carbocycles. The molecule has 7 heteroatoms. The molecule has 0 amide bonds. The Balaban J connectivity index is 1.62. The van der Waals surface area contributed by atoms with Crippen molar-refractivity contribution in [3.8, 4) is 0 Å². The van der Waals surface area contributed by atoms with E-state index in [9.17, 15) is 0 Å². The van der Waals surface area contributed by atoms with Crippen molar-refractivity contribution >= 4 is 28.6 Å². The summed E-state index contributed by atoms with van der Waals surface area (Å²) in [5.74, 6) is 2.92. The molecular formula is C17H23N7. The molecule has 3 aromatic rings. The van der Waals surface area contributed by atoms with Crippen molar-refractivity contribution in [2.45, 2.75) is 45.7 Å². The van der Waals surface area contributed by atoms with E-state index in [-0.39, 0.29) is 0 Å². The molecule has 0 bridgehead atoms. The van der Waals surface area contributed by atoms with Gasteiger partial charge in [-0.05, 0) is 45.6 Å². The van der Waals surface area contributed by atoms with Crippen LogP contribution in [0.4, 0.5) is 17.6 Å². The minimum absolute atomic E-state index is 0.323. The first-order valence-corrected chi connectivity index (χ1v) is 8.54. The fraction of sp³-hybridized carbons (Fsp3) is 0.471. The number of anilines is 3. The van der Waals surface area contributed by atoms with E-state index in [1.807, 2.05) is 29.2 Å². The monoisotopic (exact) mass is 325 g/mol. The summed E-state index contributed by atoms with van der Waals surface area (Å²) in [7, 11) is 0. The Bertz CT molecular complexity index is 844. The van der Waals surface area contributed by atoms with Crippen LogP contribution >= 0.6 is 0 Å². The molecule has 4 rings (SSSR count). The zero-order chi connectivity index (χ0) is 16.7. The lowest BCUT2D eigenvalue weighted by Crippen LogP contribution is -2.18. The third kappa shape index (κ3) is 2.93. The first-order valence-electron chi connectivity index (χ1n) is 8.54. The van der Waals surface area contributed by atoms with Crippen molar-refractivity contribution in [3.05, 3.63) is 24.5 Å². The van der Waals surface area contributed by atoms with Gasteiger partial charge in [0.05, 0.1) is 5.39 Å². The van der Waals surface area contributed by atoms with Crippen LogP contribution in [0.15, 0.2) is 24.5 Å². The molecule has 0 radical (unpaired) electrons. The van der Waals surface area contributed by atoms with Gasteiger partial charge in [-0.3, -0.25) is 4.68 Å². The number of H-pyrrole nitrogens is 1. The number of hydrogen-bond acceptors (Lipinski definition) is 5. The lowest BCUT2D eigenvalue weighted by Gasteiger charge is -2.15. The Morgan fingerprint density at radius 3 is 2.75 bits per heavy atom. The summed E-state index contributed by atoms with van der Waals surface area (Å²) < 4.78 is 1.91. The molecule has 1 atom stereocenters. The van der Waals surface area contributed by atoms with Gasteiger partial charge in [-0.1, -0.05) is 0 Å². The second-order valence-electron chi connectivity index (χ2n) is 6.81. The Kier molecular flexibility index (Phi) is 3.63. The van der Waals surface area contributed by atoms with E-state index in [4.69, 9.17) is 0 Å². The molecule has 0 aromatic carbocycles. The first-order chi connectivity index (χ1) is 11.6. The number of aromatic amines is 1. The van der Waals surface area contributed by atoms with Crippen LogP contribution in [-0.2, 0) is 0 Å². The van der Waals surface area contributed by atoms with Gasteiger partial charge in [0.2, 0.25) is 5.95 Å². The molecule has 0 unspecified atom stereocenters. The zero-order valence-electron chi connectivity index (χ0n) is 14.2. The van der Waals surface area contributed by atoms with Gasteiger partial charge in [0, 0.05) is 30.5 Å². The predicted octanol–water partition coefficient (Wildman–Crippen LogP) is 3.69. The van der Waals surface area contributed by atoms with Crippen molar-refractivity contribution in [2.24, 2.45) is 5.92 Å². The van der Waals surface area contributed by atoms with Crippen molar-refractivity contribution in [1.82, 2.24) is 24.7 Å². The number of hydrogen-bond donors (Lipinski definition) is 3. The van der Waals surface area contributed by atoms with Gasteiger partial charge in [-0.2, -0.15) is 15.1 Å². The minimum Gasteiger partial charge on any atom is -0.367 e. The number of fused-ring (bicyclic) bond motifs is 1. The second-order valence-corrected chi connectivity index (χ2v) is 6.81. The van der Waals surface area contributed by atoms with Crippen LogP contribution in [-0.4, -0.2) is 30.8 Å². The molecule has 1 fully saturated rings. The highest BCUT2D eigenvalue weighted by molar-refractivity contribution is 5.88. The lowest BCUT2D eigenvalue weighted by molar-refractivity contribution is 0.534. The molecule has 0 saturated heterocycles. The molecule has 3 aromatic heterocycles. The van der Waals surface area contributed by atoms with E-state index >= 15 is 0 Å². The number of rotatable bonds is 6. The van der Waals surface area contributed by atoms with Gasteiger partial charge in [0.25, 0.3) is 0 Å². The predicted molar refractivity (Wildman–Crippen MR) is 95.6 cm³/mol. The fourth-order valence-electron chi connectivity index (χ4n) is 2.84. The maximum absolute atomic E-state index is 4.67. The van der Waals surface area contributed by atoms with E-state index in [0.29, 0.717) is 18.0 Å². The van der Waals surface area contributed by atoms with Gasteiger partial charge in [0.1, 0.15) is 11.5 Å². The summed E-state index contributed by atoms with van der Waals surface area (Å²) in [5, 5.41) is 12.3. The lowest BCUT2D eigenvalue weighted by atomic mass is 10.2. The van der Waals surface area contributed by atoms with Gasteiger partial charge >= 0.3 is 0 Å². The molecular weight excluding hydrogens is 302 g/mol. The highest BCUT2D eigenvalue weighted by Gasteiger charge is 2.28. The van der Waals surface area contributed by atoms with E-state index in [0.717, 1.165) is 28.6 Å². The Morgan fingerprint density at radius 2 is 2.04 bits per heavy atom. The molecule has 1 aliphatic rings. The zero-order valence-corrected chi connectivity index (χ0v) is 14.2. The van der Waals surface area contributed by atoms with Crippen LogP contribution < -0.4 is 10.6 Å². The van der Waals surface area contributed by atoms with E-state index in [2.05, 4.69) is 51.5 Å². The third-order valence-corrected chi connectivity index (χ3v) is 4.49. The number of aromatic nitrogens is 5. The maximum Gasteiger partial charge on any atom is 0.232 e. The average Bonchev–Trinajstić information content (AvgIpc) is 3.10. The van der Waals surface area contributed by atoms with Crippen LogP contribution in [0.3, 0.4) is 0 Å². The van der Waals surface area contributed by atoms with E-state index < -0.39 is 0 Å². The molecule has 7 nitrogen and oxygen atoms in total. The van der Waals surface area contributed by atoms with Crippen molar-refractivity contribution < 1.29 is 0 Å². The smallest absolute Gasteiger partial charge is 0.232 e. The van der Waals surface area contributed by atoms with E-state index in [1.165, 1.54) is 12.8 Å². The minimum atomic E-state index is 0.323. The topological polar surface area (TPSA) is 83.5 Å². The molecule has 3 N–H and O–H groups in total. The van der Waals surface area contributed by atoms with Crippen LogP contribution in [0.1, 0.15) is 39.7 Å². The number of nitrogens with one attached hydrogen (secondary N) is 3. The standard InChI is InChI=1S/C17H23N7/c1-10(2)24-9-7-14(23-24)20-17-21-15-13(6-8-18-15)16(22-17)19-11(3)12-4-5-12/h6-12H,4-5H2,1-3H3,(H3,18,19,20,21,22,23)/t11-/m1/s1. The summed E-state index contributed by atoms with van der Waals surface area (Å²) in [6.45, 7) is 6.41. The Hall–Kier alpha value is -2.57. The van der Waals surface area contributed by atoms with Gasteiger partial charge in [-0.15, -0.1) is 0 Å². The molecule has 3 heterocycles. The summed E-state index contributed by atoms with van der Waals surface area (Å²) >= 11 is 0. The molecule has 0 spiro atoms. The van der Waals surface area contributed by atoms with Crippen LogP contribution in [0.25, 0.3) is 11.0 Å². The molecule has 1 saturated carbocycles. The van der Waals surface area contributed by atoms with Crippen LogP contribution in [0.5, 0.6) is 0 Å². The highest BCUT2D eigenvalue weighted by atomic mass is 15.3. The highest BCUT2D eigenvalue weighted by Crippen LogP contribution is 2.34. The normalized spacial score (nSPS) is 15.8. The third-order valence-electron chi connectivity index (χ3n) is 4.49. The van der Waals surface area contributed by atoms with Gasteiger partial charge in [0.15, 0.2) is 5.82 Å². The fourth-order valence-corrected chi connectivity index (χ4v) is 2.84. The Labute approximate surface area is 140 Å². The van der Waals surface area contributed by atoms with E-state index in [1.54, 1.807) is 0 Å². The van der Waals surface area contributed by atoms with Crippen LogP contribution in [0.2, 0.25) is 0 Å². The summed E-state index contributed by atoms with van der Waals surface area (Å²) in [6.07, 6.45) is 6.44. The quantitative estimate of drug-likeness (QED) is 0.644.